The molecule has 0 saturated heterocycles. The second-order valence-electron chi connectivity index (χ2n) is 7.04. The van der Waals surface area contributed by atoms with E-state index in [0.29, 0.717) is 22.7 Å². The van der Waals surface area contributed by atoms with E-state index in [9.17, 15) is 13.2 Å². The van der Waals surface area contributed by atoms with Crippen molar-refractivity contribution < 1.29 is 17.9 Å². The van der Waals surface area contributed by atoms with Crippen LogP contribution < -0.4 is 14.4 Å². The third-order valence-corrected chi connectivity index (χ3v) is 7.43. The Morgan fingerprint density at radius 2 is 1.71 bits per heavy atom. The molecule has 0 spiro atoms. The number of nitrogens with one attached hydrogen (secondary N) is 1. The molecule has 0 unspecified atom stereocenters. The smallest absolute Gasteiger partial charge is 0.267 e. The Morgan fingerprint density at radius 3 is 2.48 bits per heavy atom. The molecule has 1 aliphatic heterocycles. The molecule has 0 aromatic heterocycles. The molecule has 31 heavy (non-hydrogen) atoms. The van der Waals surface area contributed by atoms with Gasteiger partial charge in [0.05, 0.1) is 23.7 Å². The molecule has 8 heteroatoms. The highest BCUT2D eigenvalue weighted by Crippen LogP contribution is 2.36. The van der Waals surface area contributed by atoms with Gasteiger partial charge in [0.25, 0.3) is 5.91 Å². The quantitative estimate of drug-likeness (QED) is 0.567. The summed E-state index contributed by atoms with van der Waals surface area (Å²) >= 11 is 1.52. The van der Waals surface area contributed by atoms with Crippen molar-refractivity contribution in [1.82, 2.24) is 0 Å². The molecule has 3 aromatic carbocycles. The van der Waals surface area contributed by atoms with Crippen LogP contribution in [0.25, 0.3) is 0 Å². The summed E-state index contributed by atoms with van der Waals surface area (Å²) in [7, 11) is -3.73. The van der Waals surface area contributed by atoms with Crippen molar-refractivity contribution in [2.24, 2.45) is 0 Å². The molecule has 0 fully saturated rings. The van der Waals surface area contributed by atoms with Gasteiger partial charge < -0.3 is 10.1 Å². The molecule has 4 rings (SSSR count). The van der Waals surface area contributed by atoms with Gasteiger partial charge in [0.15, 0.2) is 6.10 Å². The Bertz CT molecular complexity index is 1180. The Morgan fingerprint density at radius 1 is 1.03 bits per heavy atom. The number of fused-ring (bicyclic) bond motifs is 1. The standard InChI is InChI=1S/C23H22N2O4S2/c1-30-22-14-8-5-11-18(22)24-23(26)21-15-25(19-12-6-7-13-20(19)29-21)31(27,28)16-17-9-3-2-4-10-17/h2-14,21H,15-16H2,1H3,(H,24,26)/t21-/m0/s1. The fraction of sp³-hybridized carbons (Fsp3) is 0.174. The number of thioether (sulfide) groups is 1. The number of sulfonamides is 1. The van der Waals surface area contributed by atoms with E-state index in [1.807, 2.05) is 36.6 Å². The van der Waals surface area contributed by atoms with E-state index in [2.05, 4.69) is 5.32 Å². The maximum absolute atomic E-state index is 13.3. The van der Waals surface area contributed by atoms with Crippen LogP contribution in [-0.2, 0) is 20.6 Å². The fourth-order valence-corrected chi connectivity index (χ4v) is 5.56. The third-order valence-electron chi connectivity index (χ3n) is 4.92. The topological polar surface area (TPSA) is 75.7 Å². The first-order valence-corrected chi connectivity index (χ1v) is 12.6. The Balaban J connectivity index is 1.62. The number of carbonyl (C=O) groups is 1. The number of ether oxygens (including phenoxy) is 1. The summed E-state index contributed by atoms with van der Waals surface area (Å²) in [6.07, 6.45) is 0.950. The van der Waals surface area contributed by atoms with Gasteiger partial charge in [-0.25, -0.2) is 8.42 Å². The van der Waals surface area contributed by atoms with E-state index in [-0.39, 0.29) is 12.3 Å². The highest BCUT2D eigenvalue weighted by molar-refractivity contribution is 7.98. The predicted molar refractivity (Wildman–Crippen MR) is 124 cm³/mol. The minimum absolute atomic E-state index is 0.0978. The molecule has 160 valence electrons. The number of carbonyl (C=O) groups excluding carboxylic acids is 1. The molecule has 1 heterocycles. The van der Waals surface area contributed by atoms with E-state index in [0.717, 1.165) is 4.90 Å². The van der Waals surface area contributed by atoms with Crippen LogP contribution in [0, 0.1) is 0 Å². The van der Waals surface area contributed by atoms with Crippen LogP contribution >= 0.6 is 11.8 Å². The van der Waals surface area contributed by atoms with Crippen molar-refractivity contribution in [2.75, 3.05) is 22.4 Å². The summed E-state index contributed by atoms with van der Waals surface area (Å²) in [5, 5.41) is 2.88. The molecular weight excluding hydrogens is 432 g/mol. The summed E-state index contributed by atoms with van der Waals surface area (Å²) in [4.78, 5) is 13.9. The average molecular weight is 455 g/mol. The Kier molecular flexibility index (Phi) is 6.20. The molecule has 0 radical (unpaired) electrons. The lowest BCUT2D eigenvalue weighted by Gasteiger charge is -2.34. The predicted octanol–water partition coefficient (Wildman–Crippen LogP) is 4.14. The van der Waals surface area contributed by atoms with Gasteiger partial charge in [0.1, 0.15) is 5.75 Å². The number of hydrogen-bond donors (Lipinski definition) is 1. The van der Waals surface area contributed by atoms with Gasteiger partial charge >= 0.3 is 0 Å². The molecule has 6 nitrogen and oxygen atoms in total. The van der Waals surface area contributed by atoms with Gasteiger partial charge in [0, 0.05) is 4.90 Å². The average Bonchev–Trinajstić information content (AvgIpc) is 2.79. The van der Waals surface area contributed by atoms with E-state index < -0.39 is 22.0 Å². The molecule has 1 atom stereocenters. The van der Waals surface area contributed by atoms with E-state index in [1.54, 1.807) is 48.5 Å². The molecule has 0 bridgehead atoms. The first-order valence-electron chi connectivity index (χ1n) is 9.72. The second-order valence-corrected chi connectivity index (χ2v) is 9.78. The lowest BCUT2D eigenvalue weighted by Crippen LogP contribution is -2.49. The van der Waals surface area contributed by atoms with Gasteiger partial charge in [-0.2, -0.15) is 0 Å². The Hall–Kier alpha value is -2.97. The summed E-state index contributed by atoms with van der Waals surface area (Å²) < 4.78 is 33.7. The van der Waals surface area contributed by atoms with Crippen molar-refractivity contribution in [2.45, 2.75) is 16.8 Å². The molecule has 0 saturated carbocycles. The first-order chi connectivity index (χ1) is 15.0. The van der Waals surface area contributed by atoms with Gasteiger partial charge in [-0.3, -0.25) is 9.10 Å². The molecular formula is C23H22N2O4S2. The van der Waals surface area contributed by atoms with Crippen molar-refractivity contribution in [3.05, 3.63) is 84.4 Å². The molecule has 1 aliphatic rings. The molecule has 1 amide bonds. The van der Waals surface area contributed by atoms with Crippen LogP contribution in [0.2, 0.25) is 0 Å². The third kappa shape index (κ3) is 4.70. The maximum Gasteiger partial charge on any atom is 0.267 e. The number of anilines is 2. The minimum Gasteiger partial charge on any atom is -0.476 e. The van der Waals surface area contributed by atoms with E-state index in [1.165, 1.54) is 16.1 Å². The van der Waals surface area contributed by atoms with Crippen molar-refractivity contribution in [3.8, 4) is 5.75 Å². The maximum atomic E-state index is 13.3. The van der Waals surface area contributed by atoms with Gasteiger partial charge in [-0.05, 0) is 36.1 Å². The monoisotopic (exact) mass is 454 g/mol. The number of amides is 1. The zero-order chi connectivity index (χ0) is 21.8. The number of para-hydroxylation sites is 3. The van der Waals surface area contributed by atoms with Crippen LogP contribution in [0.15, 0.2) is 83.8 Å². The number of hydrogen-bond acceptors (Lipinski definition) is 5. The second kappa shape index (κ2) is 9.03. The summed E-state index contributed by atoms with van der Waals surface area (Å²) in [6, 6.07) is 23.3. The molecule has 1 N–H and O–H groups in total. The zero-order valence-electron chi connectivity index (χ0n) is 16.9. The molecule has 3 aromatic rings. The molecule has 0 aliphatic carbocycles. The summed E-state index contributed by atoms with van der Waals surface area (Å²) in [6.45, 7) is -0.0978. The summed E-state index contributed by atoms with van der Waals surface area (Å²) in [5.41, 5.74) is 1.79. The number of nitrogens with zero attached hydrogens (tertiary/aromatic N) is 1. The fourth-order valence-electron chi connectivity index (χ4n) is 3.43. The van der Waals surface area contributed by atoms with Gasteiger partial charge in [-0.1, -0.05) is 54.6 Å². The van der Waals surface area contributed by atoms with Crippen molar-refractivity contribution >= 4 is 39.1 Å². The van der Waals surface area contributed by atoms with E-state index >= 15 is 0 Å². The van der Waals surface area contributed by atoms with Crippen LogP contribution in [0.5, 0.6) is 5.75 Å². The van der Waals surface area contributed by atoms with Gasteiger partial charge in [-0.15, -0.1) is 11.8 Å². The zero-order valence-corrected chi connectivity index (χ0v) is 18.5. The lowest BCUT2D eigenvalue weighted by molar-refractivity contribution is -0.122. The van der Waals surface area contributed by atoms with Crippen molar-refractivity contribution in [3.63, 3.8) is 0 Å². The van der Waals surface area contributed by atoms with Gasteiger partial charge in [0.2, 0.25) is 10.0 Å². The highest BCUT2D eigenvalue weighted by atomic mass is 32.2. The Labute approximate surface area is 186 Å². The van der Waals surface area contributed by atoms with Crippen LogP contribution in [0.3, 0.4) is 0 Å². The van der Waals surface area contributed by atoms with Crippen molar-refractivity contribution in [1.29, 1.82) is 0 Å². The first kappa shape index (κ1) is 21.3. The largest absolute Gasteiger partial charge is 0.476 e. The van der Waals surface area contributed by atoms with Crippen LogP contribution in [0.4, 0.5) is 11.4 Å². The van der Waals surface area contributed by atoms with Crippen LogP contribution in [0.1, 0.15) is 5.56 Å². The normalized spacial score (nSPS) is 15.6. The highest BCUT2D eigenvalue weighted by Gasteiger charge is 2.36. The summed E-state index contributed by atoms with van der Waals surface area (Å²) in [5.74, 6) is -0.189. The number of benzene rings is 3. The number of rotatable bonds is 6. The lowest BCUT2D eigenvalue weighted by atomic mass is 10.2. The van der Waals surface area contributed by atoms with Crippen LogP contribution in [-0.4, -0.2) is 33.2 Å². The minimum atomic E-state index is -3.73. The van der Waals surface area contributed by atoms with E-state index in [4.69, 9.17) is 4.74 Å². The SMILES string of the molecule is CSc1ccccc1NC(=O)[C@@H]1CN(S(=O)(=O)Cc2ccccc2)c2ccccc2O1.